The van der Waals surface area contributed by atoms with Crippen LogP contribution < -0.4 is 10.9 Å². The molecule has 28 heavy (non-hydrogen) atoms. The third-order valence-electron chi connectivity index (χ3n) is 5.73. The van der Waals surface area contributed by atoms with E-state index in [9.17, 15) is 4.79 Å². The van der Waals surface area contributed by atoms with E-state index < -0.39 is 0 Å². The number of hydrogen-bond donors (Lipinski definition) is 2. The van der Waals surface area contributed by atoms with Crippen LogP contribution in [0.5, 0.6) is 0 Å². The third-order valence-corrected chi connectivity index (χ3v) is 6.87. The average Bonchev–Trinajstić information content (AvgIpc) is 3.05. The molecule has 0 aliphatic heterocycles. The van der Waals surface area contributed by atoms with E-state index in [0.717, 1.165) is 35.2 Å². The van der Waals surface area contributed by atoms with Gasteiger partial charge < -0.3 is 10.3 Å². The van der Waals surface area contributed by atoms with E-state index in [-0.39, 0.29) is 11.6 Å². The van der Waals surface area contributed by atoms with Gasteiger partial charge in [0, 0.05) is 10.6 Å². The number of thiophene rings is 1. The Hall–Kier alpha value is -2.66. The molecule has 1 aliphatic carbocycles. The van der Waals surface area contributed by atoms with Gasteiger partial charge in [0.2, 0.25) is 0 Å². The Morgan fingerprint density at radius 2 is 2.04 bits per heavy atom. The lowest BCUT2D eigenvalue weighted by Gasteiger charge is -2.17. The quantitative estimate of drug-likeness (QED) is 0.491. The zero-order valence-electron chi connectivity index (χ0n) is 16.1. The Kier molecular flexibility index (Phi) is 4.20. The van der Waals surface area contributed by atoms with Gasteiger partial charge in [-0.1, -0.05) is 37.3 Å². The third kappa shape index (κ3) is 3.00. The summed E-state index contributed by atoms with van der Waals surface area (Å²) in [5.74, 6) is 1.38. The van der Waals surface area contributed by atoms with E-state index >= 15 is 0 Å². The summed E-state index contributed by atoms with van der Waals surface area (Å²) >= 11 is 1.70. The van der Waals surface area contributed by atoms with Gasteiger partial charge in [0.05, 0.1) is 11.4 Å². The van der Waals surface area contributed by atoms with Crippen molar-refractivity contribution < 1.29 is 0 Å². The first-order valence-corrected chi connectivity index (χ1v) is 10.7. The second kappa shape index (κ2) is 6.74. The molecular formula is C23H23N3OS. The summed E-state index contributed by atoms with van der Waals surface area (Å²) in [5.41, 5.74) is 2.25. The minimum Gasteiger partial charge on any atom is -0.375 e. The largest absolute Gasteiger partial charge is 0.375 e. The molecule has 0 unspecified atom stereocenters. The summed E-state index contributed by atoms with van der Waals surface area (Å²) in [6, 6.07) is 14.5. The number of nitrogens with one attached hydrogen (secondary N) is 2. The molecule has 5 heteroatoms. The summed E-state index contributed by atoms with van der Waals surface area (Å²) in [6.07, 6.45) is 3.21. The maximum atomic E-state index is 12.8. The molecule has 0 spiro atoms. The van der Waals surface area contributed by atoms with Gasteiger partial charge in [-0.25, -0.2) is 4.98 Å². The van der Waals surface area contributed by atoms with Crippen LogP contribution in [0.15, 0.2) is 47.3 Å². The van der Waals surface area contributed by atoms with Crippen molar-refractivity contribution in [2.24, 2.45) is 5.92 Å². The minimum absolute atomic E-state index is 0.000727. The molecule has 1 aliphatic rings. The van der Waals surface area contributed by atoms with Gasteiger partial charge in [-0.3, -0.25) is 4.79 Å². The van der Waals surface area contributed by atoms with E-state index in [1.165, 1.54) is 21.2 Å². The number of hydrogen-bond acceptors (Lipinski definition) is 4. The van der Waals surface area contributed by atoms with E-state index in [4.69, 9.17) is 4.98 Å². The molecule has 142 valence electrons. The van der Waals surface area contributed by atoms with Crippen LogP contribution in [-0.2, 0) is 12.8 Å². The zero-order valence-corrected chi connectivity index (χ0v) is 16.9. The van der Waals surface area contributed by atoms with Crippen molar-refractivity contribution >= 4 is 38.0 Å². The van der Waals surface area contributed by atoms with Gasteiger partial charge in [0.1, 0.15) is 10.7 Å². The minimum atomic E-state index is -0.0867. The molecular weight excluding hydrogens is 366 g/mol. The van der Waals surface area contributed by atoms with Crippen LogP contribution in [-0.4, -0.2) is 9.97 Å². The van der Waals surface area contributed by atoms with Crippen molar-refractivity contribution in [3.8, 4) is 0 Å². The molecule has 0 saturated heterocycles. The van der Waals surface area contributed by atoms with E-state index in [1.807, 2.05) is 19.1 Å². The number of aryl methyl sites for hydroxylation is 1. The molecule has 4 aromatic rings. The summed E-state index contributed by atoms with van der Waals surface area (Å²) in [5, 5.41) is 6.70. The molecule has 2 aromatic carbocycles. The number of aromatic nitrogens is 2. The smallest absolute Gasteiger partial charge is 0.259 e. The Labute approximate surface area is 167 Å². The predicted octanol–water partition coefficient (Wildman–Crippen LogP) is 5.44. The molecule has 4 nitrogen and oxygen atoms in total. The van der Waals surface area contributed by atoms with Crippen LogP contribution in [0.2, 0.25) is 0 Å². The van der Waals surface area contributed by atoms with Gasteiger partial charge in [-0.15, -0.1) is 11.3 Å². The van der Waals surface area contributed by atoms with E-state index in [0.29, 0.717) is 11.7 Å². The lowest BCUT2D eigenvalue weighted by Crippen LogP contribution is -2.18. The Morgan fingerprint density at radius 3 is 2.89 bits per heavy atom. The highest BCUT2D eigenvalue weighted by atomic mass is 32.1. The molecule has 2 aromatic heterocycles. The van der Waals surface area contributed by atoms with Crippen LogP contribution in [0.25, 0.3) is 21.0 Å². The van der Waals surface area contributed by atoms with Crippen molar-refractivity contribution in [3.63, 3.8) is 0 Å². The van der Waals surface area contributed by atoms with Crippen LogP contribution in [0.3, 0.4) is 0 Å². The number of nitrogens with zero attached hydrogens (tertiary/aromatic N) is 1. The number of H-pyrrole nitrogens is 1. The monoisotopic (exact) mass is 389 g/mol. The summed E-state index contributed by atoms with van der Waals surface area (Å²) in [4.78, 5) is 22.9. The highest BCUT2D eigenvalue weighted by molar-refractivity contribution is 7.18. The van der Waals surface area contributed by atoms with Crippen LogP contribution in [0, 0.1) is 5.92 Å². The Morgan fingerprint density at radius 1 is 1.21 bits per heavy atom. The van der Waals surface area contributed by atoms with Crippen molar-refractivity contribution in [1.29, 1.82) is 0 Å². The molecule has 2 atom stereocenters. The number of aromatic amines is 1. The summed E-state index contributed by atoms with van der Waals surface area (Å²) in [6.45, 7) is 4.32. The lowest BCUT2D eigenvalue weighted by molar-refractivity contribution is 0.509. The SMILES string of the molecule is C[C@@H]1CCc2c(sc3nc([C@H](C)Nc4ccc5ccccc5c4)[nH]c(=O)c23)C1. The number of rotatable bonds is 3. The molecule has 2 heterocycles. The lowest BCUT2D eigenvalue weighted by atomic mass is 9.89. The van der Waals surface area contributed by atoms with Crippen LogP contribution in [0.1, 0.15) is 42.6 Å². The normalized spacial score (nSPS) is 17.6. The molecule has 0 saturated carbocycles. The zero-order chi connectivity index (χ0) is 19.3. The van der Waals surface area contributed by atoms with Crippen molar-refractivity contribution in [2.45, 2.75) is 39.2 Å². The van der Waals surface area contributed by atoms with Crippen LogP contribution in [0.4, 0.5) is 5.69 Å². The molecule has 0 bridgehead atoms. The first-order valence-electron chi connectivity index (χ1n) is 9.88. The number of anilines is 1. The molecule has 2 N–H and O–H groups in total. The number of benzene rings is 2. The van der Waals surface area contributed by atoms with Gasteiger partial charge in [-0.05, 0) is 60.6 Å². The Balaban J connectivity index is 1.48. The second-order valence-electron chi connectivity index (χ2n) is 7.91. The molecule has 5 rings (SSSR count). The number of fused-ring (bicyclic) bond motifs is 4. The first-order chi connectivity index (χ1) is 13.6. The predicted molar refractivity (Wildman–Crippen MR) is 117 cm³/mol. The maximum Gasteiger partial charge on any atom is 0.259 e. The highest BCUT2D eigenvalue weighted by Gasteiger charge is 2.23. The van der Waals surface area contributed by atoms with Gasteiger partial charge in [-0.2, -0.15) is 0 Å². The van der Waals surface area contributed by atoms with Crippen molar-refractivity contribution in [1.82, 2.24) is 9.97 Å². The second-order valence-corrected chi connectivity index (χ2v) is 8.99. The molecule has 0 radical (unpaired) electrons. The fourth-order valence-electron chi connectivity index (χ4n) is 4.17. The Bertz CT molecular complexity index is 1240. The molecule has 0 amide bonds. The van der Waals surface area contributed by atoms with Crippen LogP contribution >= 0.6 is 11.3 Å². The van der Waals surface area contributed by atoms with Gasteiger partial charge >= 0.3 is 0 Å². The summed E-state index contributed by atoms with van der Waals surface area (Å²) < 4.78 is 0. The van der Waals surface area contributed by atoms with Crippen molar-refractivity contribution in [2.75, 3.05) is 5.32 Å². The summed E-state index contributed by atoms with van der Waals surface area (Å²) in [7, 11) is 0. The standard InChI is InChI=1S/C23H23N3OS/c1-13-7-10-18-19(11-13)28-23-20(18)22(27)25-21(26-23)14(2)24-17-9-8-15-5-3-4-6-16(15)12-17/h3-6,8-9,12-14,24H,7,10-11H2,1-2H3,(H,25,26,27)/t13-,14+/m1/s1. The van der Waals surface area contributed by atoms with Crippen molar-refractivity contribution in [3.05, 3.63) is 69.1 Å². The topological polar surface area (TPSA) is 57.8 Å². The first kappa shape index (κ1) is 17.4. The van der Waals surface area contributed by atoms with Gasteiger partial charge in [0.15, 0.2) is 0 Å². The van der Waals surface area contributed by atoms with Gasteiger partial charge in [0.25, 0.3) is 5.56 Å². The van der Waals surface area contributed by atoms with E-state index in [1.54, 1.807) is 11.3 Å². The fourth-order valence-corrected chi connectivity index (χ4v) is 5.56. The fraction of sp³-hybridized carbons (Fsp3) is 0.304. The molecule has 0 fully saturated rings. The van der Waals surface area contributed by atoms with E-state index in [2.05, 4.69) is 47.6 Å². The average molecular weight is 390 g/mol. The highest BCUT2D eigenvalue weighted by Crippen LogP contribution is 2.36. The maximum absolute atomic E-state index is 12.8.